The molecule has 0 amide bonds. The number of hydrogen-bond donors (Lipinski definition) is 2. The lowest BCUT2D eigenvalue weighted by molar-refractivity contribution is 0.697. The molecule has 0 saturated carbocycles. The van der Waals surface area contributed by atoms with Crippen molar-refractivity contribution >= 4 is 5.96 Å². The van der Waals surface area contributed by atoms with Crippen LogP contribution in [-0.2, 0) is 20.0 Å². The van der Waals surface area contributed by atoms with E-state index in [4.69, 9.17) is 0 Å². The molecule has 0 aliphatic rings. The topological polar surface area (TPSA) is 67.1 Å². The van der Waals surface area contributed by atoms with Gasteiger partial charge in [0.25, 0.3) is 0 Å². The Bertz CT molecular complexity index is 599. The van der Waals surface area contributed by atoms with Crippen LogP contribution in [0.5, 0.6) is 0 Å². The van der Waals surface area contributed by atoms with Gasteiger partial charge in [-0.15, -0.1) is 0 Å². The highest BCUT2D eigenvalue weighted by atomic mass is 15.3. The van der Waals surface area contributed by atoms with Crippen LogP contribution in [0.25, 0.3) is 0 Å². The van der Waals surface area contributed by atoms with Crippen molar-refractivity contribution in [3.63, 3.8) is 0 Å². The van der Waals surface area contributed by atoms with Crippen molar-refractivity contribution in [1.29, 1.82) is 0 Å². The van der Waals surface area contributed by atoms with E-state index in [2.05, 4.69) is 63.8 Å². The Kier molecular flexibility index (Phi) is 5.94. The maximum atomic E-state index is 4.53. The third-order valence-electron chi connectivity index (χ3n) is 3.35. The van der Waals surface area contributed by atoms with E-state index in [1.807, 2.05) is 7.05 Å². The molecule has 1 heterocycles. The summed E-state index contributed by atoms with van der Waals surface area (Å²) in [6.07, 6.45) is 2.51. The first-order chi connectivity index (χ1) is 10.7. The van der Waals surface area contributed by atoms with Crippen LogP contribution in [0, 0.1) is 6.92 Å². The highest BCUT2D eigenvalue weighted by molar-refractivity contribution is 5.79. The summed E-state index contributed by atoms with van der Waals surface area (Å²) in [6, 6.07) is 8.62. The highest BCUT2D eigenvalue weighted by Crippen LogP contribution is 2.03. The zero-order valence-electron chi connectivity index (χ0n) is 13.5. The first-order valence-electron chi connectivity index (χ1n) is 7.59. The maximum Gasteiger partial charge on any atom is 0.191 e. The number of nitrogens with zero attached hydrogens (tertiary/aromatic N) is 4. The number of benzene rings is 1. The molecule has 0 bridgehead atoms. The zero-order valence-corrected chi connectivity index (χ0v) is 13.5. The van der Waals surface area contributed by atoms with E-state index in [1.165, 1.54) is 11.1 Å². The number of guanidine groups is 1. The molecule has 1 aromatic carbocycles. The van der Waals surface area contributed by atoms with Gasteiger partial charge in [0, 0.05) is 20.1 Å². The fourth-order valence-electron chi connectivity index (χ4n) is 2.03. The lowest BCUT2D eigenvalue weighted by Gasteiger charge is -2.11. The zero-order chi connectivity index (χ0) is 15.8. The molecule has 22 heavy (non-hydrogen) atoms. The summed E-state index contributed by atoms with van der Waals surface area (Å²) in [6.45, 7) is 6.34. The molecule has 0 aliphatic carbocycles. The van der Waals surface area contributed by atoms with Gasteiger partial charge in [-0.3, -0.25) is 4.68 Å². The van der Waals surface area contributed by atoms with E-state index >= 15 is 0 Å². The minimum atomic E-state index is 0.510. The van der Waals surface area contributed by atoms with Gasteiger partial charge in [0.2, 0.25) is 0 Å². The van der Waals surface area contributed by atoms with Gasteiger partial charge in [0.1, 0.15) is 18.7 Å². The van der Waals surface area contributed by atoms with Gasteiger partial charge in [0.15, 0.2) is 5.96 Å². The molecule has 0 fully saturated rings. The van der Waals surface area contributed by atoms with Crippen LogP contribution in [0.15, 0.2) is 35.6 Å². The number of aromatic nitrogens is 3. The molecule has 118 valence electrons. The van der Waals surface area contributed by atoms with Gasteiger partial charge in [-0.2, -0.15) is 5.10 Å². The van der Waals surface area contributed by atoms with E-state index in [0.717, 1.165) is 31.3 Å². The standard InChI is InChI=1S/C16H24N6/c1-4-17-16(19-11-15-20-12-21-22(15)3)18-10-9-14-7-5-13(2)6-8-14/h5-8,12H,4,9-11H2,1-3H3,(H2,17,18,19). The van der Waals surface area contributed by atoms with E-state index in [0.29, 0.717) is 6.54 Å². The molecular formula is C16H24N6. The Hall–Kier alpha value is -2.37. The van der Waals surface area contributed by atoms with Gasteiger partial charge in [0.05, 0.1) is 0 Å². The number of nitrogens with one attached hydrogen (secondary N) is 2. The Labute approximate surface area is 131 Å². The molecule has 0 aliphatic heterocycles. The molecular weight excluding hydrogens is 276 g/mol. The van der Waals surface area contributed by atoms with Gasteiger partial charge < -0.3 is 10.6 Å². The summed E-state index contributed by atoms with van der Waals surface area (Å²) in [5, 5.41) is 10.6. The predicted molar refractivity (Wildman–Crippen MR) is 88.7 cm³/mol. The number of aliphatic imine (C=N–C) groups is 1. The second-order valence-corrected chi connectivity index (χ2v) is 5.16. The third kappa shape index (κ3) is 4.87. The van der Waals surface area contributed by atoms with Crippen molar-refractivity contribution < 1.29 is 0 Å². The van der Waals surface area contributed by atoms with Crippen molar-refractivity contribution in [2.45, 2.75) is 26.8 Å². The Morgan fingerprint density at radius 3 is 2.64 bits per heavy atom. The van der Waals surface area contributed by atoms with Crippen LogP contribution in [0.2, 0.25) is 0 Å². The van der Waals surface area contributed by atoms with Crippen molar-refractivity contribution in [1.82, 2.24) is 25.4 Å². The number of hydrogen-bond acceptors (Lipinski definition) is 3. The predicted octanol–water partition coefficient (Wildman–Crippen LogP) is 1.42. The van der Waals surface area contributed by atoms with Crippen LogP contribution >= 0.6 is 0 Å². The number of rotatable bonds is 6. The molecule has 0 unspecified atom stereocenters. The third-order valence-corrected chi connectivity index (χ3v) is 3.35. The Morgan fingerprint density at radius 1 is 1.23 bits per heavy atom. The van der Waals surface area contributed by atoms with E-state index in [9.17, 15) is 0 Å². The lowest BCUT2D eigenvalue weighted by Crippen LogP contribution is -2.38. The molecule has 6 heteroatoms. The SMILES string of the molecule is CCNC(=NCc1ncnn1C)NCCc1ccc(C)cc1. The normalized spacial score (nSPS) is 11.5. The van der Waals surface area contributed by atoms with Crippen molar-refractivity contribution in [2.24, 2.45) is 12.0 Å². The molecule has 6 nitrogen and oxygen atoms in total. The second kappa shape index (κ2) is 8.17. The first-order valence-corrected chi connectivity index (χ1v) is 7.59. The molecule has 2 aromatic rings. The monoisotopic (exact) mass is 300 g/mol. The highest BCUT2D eigenvalue weighted by Gasteiger charge is 2.01. The molecule has 0 saturated heterocycles. The Morgan fingerprint density at radius 2 is 2.00 bits per heavy atom. The summed E-state index contributed by atoms with van der Waals surface area (Å²) < 4.78 is 1.74. The lowest BCUT2D eigenvalue weighted by atomic mass is 10.1. The minimum absolute atomic E-state index is 0.510. The van der Waals surface area contributed by atoms with Crippen LogP contribution in [0.1, 0.15) is 23.9 Å². The molecule has 0 spiro atoms. The summed E-state index contributed by atoms with van der Waals surface area (Å²) in [5.74, 6) is 1.65. The van der Waals surface area contributed by atoms with Crippen LogP contribution < -0.4 is 10.6 Å². The van der Waals surface area contributed by atoms with Gasteiger partial charge >= 0.3 is 0 Å². The van der Waals surface area contributed by atoms with Crippen molar-refractivity contribution in [3.8, 4) is 0 Å². The quantitative estimate of drug-likeness (QED) is 0.625. The van der Waals surface area contributed by atoms with Gasteiger partial charge in [-0.1, -0.05) is 29.8 Å². The second-order valence-electron chi connectivity index (χ2n) is 5.16. The average molecular weight is 300 g/mol. The van der Waals surface area contributed by atoms with E-state index in [1.54, 1.807) is 11.0 Å². The smallest absolute Gasteiger partial charge is 0.191 e. The van der Waals surface area contributed by atoms with Gasteiger partial charge in [-0.05, 0) is 25.8 Å². The average Bonchev–Trinajstić information content (AvgIpc) is 2.92. The van der Waals surface area contributed by atoms with Crippen molar-refractivity contribution in [3.05, 3.63) is 47.5 Å². The molecule has 2 rings (SSSR count). The van der Waals surface area contributed by atoms with Crippen molar-refractivity contribution in [2.75, 3.05) is 13.1 Å². The largest absolute Gasteiger partial charge is 0.357 e. The maximum absolute atomic E-state index is 4.53. The fourth-order valence-corrected chi connectivity index (χ4v) is 2.03. The van der Waals surface area contributed by atoms with Crippen LogP contribution in [0.3, 0.4) is 0 Å². The molecule has 0 radical (unpaired) electrons. The van der Waals surface area contributed by atoms with Crippen LogP contribution in [0.4, 0.5) is 0 Å². The number of aryl methyl sites for hydroxylation is 2. The molecule has 0 atom stereocenters. The Balaban J connectivity index is 1.85. The van der Waals surface area contributed by atoms with E-state index < -0.39 is 0 Å². The van der Waals surface area contributed by atoms with E-state index in [-0.39, 0.29) is 0 Å². The van der Waals surface area contributed by atoms with Gasteiger partial charge in [-0.25, -0.2) is 9.98 Å². The molecule has 2 N–H and O–H groups in total. The fraction of sp³-hybridized carbons (Fsp3) is 0.438. The summed E-state index contributed by atoms with van der Waals surface area (Å²) in [4.78, 5) is 8.71. The first kappa shape index (κ1) is 16.0. The minimum Gasteiger partial charge on any atom is -0.357 e. The summed E-state index contributed by atoms with van der Waals surface area (Å²) in [5.41, 5.74) is 2.61. The molecule has 1 aromatic heterocycles. The summed E-state index contributed by atoms with van der Waals surface area (Å²) in [7, 11) is 1.87. The van der Waals surface area contributed by atoms with Crippen LogP contribution in [-0.4, -0.2) is 33.8 Å². The summed E-state index contributed by atoms with van der Waals surface area (Å²) >= 11 is 0.